The Kier molecular flexibility index (Phi) is 2.36. The molecule has 1 saturated carbocycles. The Morgan fingerprint density at radius 1 is 1.15 bits per heavy atom. The highest BCUT2D eigenvalue weighted by atomic mass is 16.3. The first-order valence-electron chi connectivity index (χ1n) is 6.94. The molecule has 1 fully saturated rings. The standard InChI is InChI=1S/C17H15NO2/c1-10-8-13(10)17(19)18-11-6-7-16-14(9-11)12-4-2-3-5-15(12)20-16/h2-7,9-10,13H,8H2,1H3,(H,18,19). The minimum absolute atomic E-state index is 0.129. The molecule has 2 atom stereocenters. The number of rotatable bonds is 2. The molecule has 3 heteroatoms. The van der Waals surface area contributed by atoms with Gasteiger partial charge in [-0.25, -0.2) is 0 Å². The maximum Gasteiger partial charge on any atom is 0.227 e. The van der Waals surface area contributed by atoms with Gasteiger partial charge in [0.1, 0.15) is 11.2 Å². The summed E-state index contributed by atoms with van der Waals surface area (Å²) in [5.74, 6) is 0.838. The number of amides is 1. The van der Waals surface area contributed by atoms with Crippen molar-refractivity contribution in [2.45, 2.75) is 13.3 Å². The van der Waals surface area contributed by atoms with Gasteiger partial charge in [0.15, 0.2) is 0 Å². The minimum Gasteiger partial charge on any atom is -0.456 e. The number of hydrogen-bond donors (Lipinski definition) is 1. The van der Waals surface area contributed by atoms with Crippen LogP contribution in [0.4, 0.5) is 5.69 Å². The van der Waals surface area contributed by atoms with Gasteiger partial charge in [0.05, 0.1) is 0 Å². The number of carbonyl (C=O) groups excluding carboxylic acids is 1. The van der Waals surface area contributed by atoms with E-state index in [9.17, 15) is 4.79 Å². The monoisotopic (exact) mass is 265 g/mol. The van der Waals surface area contributed by atoms with Gasteiger partial charge < -0.3 is 9.73 Å². The lowest BCUT2D eigenvalue weighted by molar-refractivity contribution is -0.117. The van der Waals surface area contributed by atoms with Crippen molar-refractivity contribution in [3.05, 3.63) is 42.5 Å². The normalized spacial score (nSPS) is 21.2. The SMILES string of the molecule is CC1CC1C(=O)Nc1ccc2oc3ccccc3c2c1. The number of anilines is 1. The topological polar surface area (TPSA) is 42.2 Å². The van der Waals surface area contributed by atoms with E-state index < -0.39 is 0 Å². The maximum absolute atomic E-state index is 12.0. The largest absolute Gasteiger partial charge is 0.456 e. The Labute approximate surface area is 116 Å². The van der Waals surface area contributed by atoms with Crippen molar-refractivity contribution < 1.29 is 9.21 Å². The number of carbonyl (C=O) groups is 1. The Morgan fingerprint density at radius 3 is 2.70 bits per heavy atom. The van der Waals surface area contributed by atoms with Crippen LogP contribution in [0.5, 0.6) is 0 Å². The van der Waals surface area contributed by atoms with Crippen LogP contribution in [0.1, 0.15) is 13.3 Å². The average Bonchev–Trinajstić information content (AvgIpc) is 3.08. The van der Waals surface area contributed by atoms with Crippen LogP contribution < -0.4 is 5.32 Å². The molecule has 0 bridgehead atoms. The maximum atomic E-state index is 12.0. The minimum atomic E-state index is 0.129. The molecule has 1 aliphatic rings. The van der Waals surface area contributed by atoms with Gasteiger partial charge in [-0.3, -0.25) is 4.79 Å². The van der Waals surface area contributed by atoms with Gasteiger partial charge in [0, 0.05) is 22.4 Å². The van der Waals surface area contributed by atoms with Crippen molar-refractivity contribution in [1.82, 2.24) is 0 Å². The molecule has 1 aromatic heterocycles. The zero-order valence-corrected chi connectivity index (χ0v) is 11.2. The molecule has 1 heterocycles. The average molecular weight is 265 g/mol. The van der Waals surface area contributed by atoms with Gasteiger partial charge in [0.25, 0.3) is 0 Å². The number of hydrogen-bond acceptors (Lipinski definition) is 2. The highest BCUT2D eigenvalue weighted by Crippen LogP contribution is 2.39. The Bertz CT molecular complexity index is 818. The molecule has 2 aromatic carbocycles. The molecule has 0 spiro atoms. The van der Waals surface area contributed by atoms with E-state index in [-0.39, 0.29) is 11.8 Å². The van der Waals surface area contributed by atoms with E-state index in [1.807, 2.05) is 42.5 Å². The second kappa shape index (κ2) is 4.10. The molecule has 1 aliphatic carbocycles. The van der Waals surface area contributed by atoms with Crippen molar-refractivity contribution in [3.8, 4) is 0 Å². The van der Waals surface area contributed by atoms with Gasteiger partial charge in [-0.15, -0.1) is 0 Å². The highest BCUT2D eigenvalue weighted by molar-refractivity contribution is 6.07. The molecule has 1 amide bonds. The van der Waals surface area contributed by atoms with Crippen molar-refractivity contribution in [3.63, 3.8) is 0 Å². The first-order chi connectivity index (χ1) is 9.72. The van der Waals surface area contributed by atoms with Crippen LogP contribution >= 0.6 is 0 Å². The van der Waals surface area contributed by atoms with E-state index in [1.54, 1.807) is 0 Å². The quantitative estimate of drug-likeness (QED) is 0.755. The molecule has 1 N–H and O–H groups in total. The summed E-state index contributed by atoms with van der Waals surface area (Å²) >= 11 is 0. The van der Waals surface area contributed by atoms with Crippen molar-refractivity contribution in [1.29, 1.82) is 0 Å². The lowest BCUT2D eigenvalue weighted by Gasteiger charge is -2.04. The second-order valence-electron chi connectivity index (χ2n) is 5.62. The molecule has 100 valence electrons. The van der Waals surface area contributed by atoms with Crippen molar-refractivity contribution in [2.75, 3.05) is 5.32 Å². The summed E-state index contributed by atoms with van der Waals surface area (Å²) in [6, 6.07) is 13.8. The van der Waals surface area contributed by atoms with E-state index in [0.717, 1.165) is 34.0 Å². The van der Waals surface area contributed by atoms with Crippen LogP contribution in [0.25, 0.3) is 21.9 Å². The van der Waals surface area contributed by atoms with E-state index in [2.05, 4.69) is 12.2 Å². The van der Waals surface area contributed by atoms with Crippen LogP contribution in [0.3, 0.4) is 0 Å². The van der Waals surface area contributed by atoms with E-state index in [0.29, 0.717) is 5.92 Å². The predicted octanol–water partition coefficient (Wildman–Crippen LogP) is 4.18. The third-order valence-electron chi connectivity index (χ3n) is 4.09. The Hall–Kier alpha value is -2.29. The first kappa shape index (κ1) is 11.5. The molecule has 4 rings (SSSR count). The van der Waals surface area contributed by atoms with Gasteiger partial charge in [-0.2, -0.15) is 0 Å². The highest BCUT2D eigenvalue weighted by Gasteiger charge is 2.39. The van der Waals surface area contributed by atoms with Gasteiger partial charge in [0.2, 0.25) is 5.91 Å². The number of para-hydroxylation sites is 1. The van der Waals surface area contributed by atoms with Gasteiger partial charge in [-0.1, -0.05) is 25.1 Å². The third-order valence-corrected chi connectivity index (χ3v) is 4.09. The third kappa shape index (κ3) is 1.78. The van der Waals surface area contributed by atoms with Crippen LogP contribution in [-0.2, 0) is 4.79 Å². The summed E-state index contributed by atoms with van der Waals surface area (Å²) in [5, 5.41) is 5.13. The second-order valence-corrected chi connectivity index (χ2v) is 5.62. The van der Waals surface area contributed by atoms with Crippen LogP contribution in [0, 0.1) is 11.8 Å². The Morgan fingerprint density at radius 2 is 1.90 bits per heavy atom. The summed E-state index contributed by atoms with van der Waals surface area (Å²) in [5.41, 5.74) is 2.57. The van der Waals surface area contributed by atoms with Gasteiger partial charge in [-0.05, 0) is 36.6 Å². The van der Waals surface area contributed by atoms with E-state index >= 15 is 0 Å². The van der Waals surface area contributed by atoms with Crippen LogP contribution in [0.2, 0.25) is 0 Å². The fourth-order valence-corrected chi connectivity index (χ4v) is 2.73. The summed E-state index contributed by atoms with van der Waals surface area (Å²) in [7, 11) is 0. The van der Waals surface area contributed by atoms with Crippen molar-refractivity contribution >= 4 is 33.5 Å². The molecule has 3 aromatic rings. The number of benzene rings is 2. The molecule has 0 aliphatic heterocycles. The lowest BCUT2D eigenvalue weighted by atomic mass is 10.1. The summed E-state index contributed by atoms with van der Waals surface area (Å²) < 4.78 is 5.78. The zero-order valence-electron chi connectivity index (χ0n) is 11.2. The number of fused-ring (bicyclic) bond motifs is 3. The molecular weight excluding hydrogens is 250 g/mol. The van der Waals surface area contributed by atoms with Crippen LogP contribution in [0.15, 0.2) is 46.9 Å². The fourth-order valence-electron chi connectivity index (χ4n) is 2.73. The zero-order chi connectivity index (χ0) is 13.7. The molecule has 2 unspecified atom stereocenters. The van der Waals surface area contributed by atoms with E-state index in [4.69, 9.17) is 4.42 Å². The van der Waals surface area contributed by atoms with Gasteiger partial charge >= 0.3 is 0 Å². The molecule has 0 saturated heterocycles. The first-order valence-corrected chi connectivity index (χ1v) is 6.94. The fraction of sp³-hybridized carbons (Fsp3) is 0.235. The summed E-state index contributed by atoms with van der Waals surface area (Å²) in [4.78, 5) is 12.0. The summed E-state index contributed by atoms with van der Waals surface area (Å²) in [6.07, 6.45) is 1.00. The predicted molar refractivity (Wildman–Crippen MR) is 79.6 cm³/mol. The van der Waals surface area contributed by atoms with Crippen molar-refractivity contribution in [2.24, 2.45) is 11.8 Å². The number of furan rings is 1. The number of nitrogens with one attached hydrogen (secondary N) is 1. The molecular formula is C17H15NO2. The molecule has 20 heavy (non-hydrogen) atoms. The Balaban J connectivity index is 1.74. The van der Waals surface area contributed by atoms with E-state index in [1.165, 1.54) is 0 Å². The molecule has 3 nitrogen and oxygen atoms in total. The summed E-state index contributed by atoms with van der Waals surface area (Å²) in [6.45, 7) is 2.11. The smallest absolute Gasteiger partial charge is 0.227 e. The molecule has 0 radical (unpaired) electrons. The van der Waals surface area contributed by atoms with Crippen LogP contribution in [-0.4, -0.2) is 5.91 Å². The lowest BCUT2D eigenvalue weighted by Crippen LogP contribution is -2.14.